The minimum atomic E-state index is -1.82. The van der Waals surface area contributed by atoms with E-state index in [0.717, 1.165) is 18.8 Å². The third-order valence-corrected chi connectivity index (χ3v) is 14.5. The number of unbranched alkanes of at least 4 members (excludes halogenated alkanes) is 18. The van der Waals surface area contributed by atoms with Crippen molar-refractivity contribution >= 4 is 14.1 Å². The van der Waals surface area contributed by atoms with E-state index in [2.05, 4.69) is 61.6 Å². The van der Waals surface area contributed by atoms with E-state index >= 15 is 0 Å². The predicted octanol–water partition coefficient (Wildman–Crippen LogP) is 13.2. The Labute approximate surface area is 255 Å². The summed E-state index contributed by atoms with van der Waals surface area (Å²) >= 11 is 0. The van der Waals surface area contributed by atoms with Gasteiger partial charge in [-0.1, -0.05) is 176 Å². The molecule has 3 atom stereocenters. The quantitative estimate of drug-likeness (QED) is 0.0679. The maximum absolute atomic E-state index is 12.7. The molecule has 0 aliphatic heterocycles. The molecule has 0 saturated carbocycles. The van der Waals surface area contributed by atoms with E-state index in [4.69, 9.17) is 4.43 Å². The summed E-state index contributed by atoms with van der Waals surface area (Å²) in [5, 5.41) is 0.188. The van der Waals surface area contributed by atoms with Crippen molar-refractivity contribution in [3.63, 3.8) is 0 Å². The summed E-state index contributed by atoms with van der Waals surface area (Å²) in [7, 11) is -1.82. The van der Waals surface area contributed by atoms with Crippen LogP contribution in [-0.2, 0) is 9.22 Å². The van der Waals surface area contributed by atoms with Crippen LogP contribution in [0.5, 0.6) is 0 Å². The zero-order chi connectivity index (χ0) is 30.3. The summed E-state index contributed by atoms with van der Waals surface area (Å²) in [5.41, 5.74) is 0. The van der Waals surface area contributed by atoms with Gasteiger partial charge in [0.25, 0.3) is 0 Å². The van der Waals surface area contributed by atoms with E-state index in [1.165, 1.54) is 135 Å². The molecule has 0 bridgehead atoms. The number of hydrogen-bond acceptors (Lipinski definition) is 2. The number of hydrogen-bond donors (Lipinski definition) is 0. The SMILES string of the molecule is CCCCCCCCCCCCCCCCCC[C@H](C)CCCCCCC(=O)[C@@H](C)[C@@H](C)O[Si](C)(C)C(C)(C)C. The maximum Gasteiger partial charge on any atom is 0.192 e. The Morgan fingerprint density at radius 3 is 1.32 bits per heavy atom. The first kappa shape index (κ1) is 39.8. The van der Waals surface area contributed by atoms with Crippen molar-refractivity contribution in [2.45, 2.75) is 220 Å². The van der Waals surface area contributed by atoms with Crippen molar-refractivity contribution in [1.82, 2.24) is 0 Å². The Bertz CT molecular complexity index is 579. The van der Waals surface area contributed by atoms with E-state index in [0.29, 0.717) is 5.78 Å². The smallest absolute Gasteiger partial charge is 0.192 e. The minimum Gasteiger partial charge on any atom is -0.414 e. The average molecular weight is 581 g/mol. The standard InChI is InChI=1S/C37H76O2Si/c1-10-11-12-13-14-15-16-17-18-19-20-21-22-23-24-27-30-33(2)31-28-25-26-29-32-36(38)34(3)35(4)39-40(8,9)37(5,6)7/h33-35H,10-32H2,1-9H3/t33-,34-,35+/m0/s1. The van der Waals surface area contributed by atoms with Gasteiger partial charge in [0.15, 0.2) is 8.32 Å². The van der Waals surface area contributed by atoms with Gasteiger partial charge in [0, 0.05) is 12.3 Å². The highest BCUT2D eigenvalue weighted by Gasteiger charge is 2.39. The minimum absolute atomic E-state index is 0.00821. The fraction of sp³-hybridized carbons (Fsp3) is 0.973. The van der Waals surface area contributed by atoms with Crippen LogP contribution in [0.25, 0.3) is 0 Å². The first-order valence-electron chi connectivity index (χ1n) is 18.1. The number of rotatable bonds is 28. The van der Waals surface area contributed by atoms with Gasteiger partial charge in [-0.3, -0.25) is 4.79 Å². The number of carbonyl (C=O) groups is 1. The molecule has 0 saturated heterocycles. The molecule has 0 aliphatic carbocycles. The normalized spacial score (nSPS) is 14.8. The summed E-state index contributed by atoms with van der Waals surface area (Å²) in [6.07, 6.45) is 31.5. The molecule has 0 radical (unpaired) electrons. The summed E-state index contributed by atoms with van der Waals surface area (Å²) in [5.74, 6) is 1.26. The second-order valence-corrected chi connectivity index (χ2v) is 19.7. The molecule has 2 nitrogen and oxygen atoms in total. The average Bonchev–Trinajstić information content (AvgIpc) is 2.88. The van der Waals surface area contributed by atoms with Gasteiger partial charge < -0.3 is 4.43 Å². The molecule has 0 heterocycles. The molecule has 0 rings (SSSR count). The van der Waals surface area contributed by atoms with Gasteiger partial charge >= 0.3 is 0 Å². The van der Waals surface area contributed by atoms with Crippen molar-refractivity contribution < 1.29 is 9.22 Å². The lowest BCUT2D eigenvalue weighted by molar-refractivity contribution is -0.125. The van der Waals surface area contributed by atoms with Gasteiger partial charge in [-0.15, -0.1) is 0 Å². The van der Waals surface area contributed by atoms with Crippen molar-refractivity contribution in [1.29, 1.82) is 0 Å². The monoisotopic (exact) mass is 581 g/mol. The van der Waals surface area contributed by atoms with E-state index in [1.807, 2.05) is 0 Å². The Morgan fingerprint density at radius 1 is 0.600 bits per heavy atom. The second-order valence-electron chi connectivity index (χ2n) is 15.0. The third-order valence-electron chi connectivity index (χ3n) is 9.92. The Hall–Kier alpha value is -0.153. The van der Waals surface area contributed by atoms with Crippen LogP contribution in [-0.4, -0.2) is 20.2 Å². The topological polar surface area (TPSA) is 26.3 Å². The number of carbonyl (C=O) groups excluding carboxylic acids is 1. The second kappa shape index (κ2) is 24.3. The summed E-state index contributed by atoms with van der Waals surface area (Å²) in [4.78, 5) is 12.7. The zero-order valence-corrected chi connectivity index (χ0v) is 30.3. The summed E-state index contributed by atoms with van der Waals surface area (Å²) in [6.45, 7) is 20.3. The van der Waals surface area contributed by atoms with Gasteiger partial charge in [0.05, 0.1) is 6.10 Å². The van der Waals surface area contributed by atoms with Gasteiger partial charge in [-0.2, -0.15) is 0 Å². The molecule has 0 aromatic rings. The van der Waals surface area contributed by atoms with Crippen LogP contribution in [0.4, 0.5) is 0 Å². The van der Waals surface area contributed by atoms with Crippen molar-refractivity contribution in [2.75, 3.05) is 0 Å². The summed E-state index contributed by atoms with van der Waals surface area (Å²) < 4.78 is 6.47. The van der Waals surface area contributed by atoms with Gasteiger partial charge in [0.2, 0.25) is 0 Å². The fourth-order valence-electron chi connectivity index (χ4n) is 5.56. The van der Waals surface area contributed by atoms with E-state index in [1.54, 1.807) is 0 Å². The lowest BCUT2D eigenvalue weighted by Gasteiger charge is -2.39. The highest BCUT2D eigenvalue weighted by atomic mass is 28.4. The fourth-order valence-corrected chi connectivity index (χ4v) is 7.05. The predicted molar refractivity (Wildman–Crippen MR) is 183 cm³/mol. The molecule has 0 N–H and O–H groups in total. The van der Waals surface area contributed by atoms with Crippen LogP contribution in [0.1, 0.15) is 196 Å². The van der Waals surface area contributed by atoms with E-state index in [-0.39, 0.29) is 17.1 Å². The number of ketones is 1. The molecule has 0 aromatic heterocycles. The molecule has 0 fully saturated rings. The molecule has 0 aliphatic rings. The van der Waals surface area contributed by atoms with Gasteiger partial charge in [-0.25, -0.2) is 0 Å². The first-order chi connectivity index (χ1) is 18.9. The van der Waals surface area contributed by atoms with Crippen LogP contribution in [0.15, 0.2) is 0 Å². The van der Waals surface area contributed by atoms with Crippen LogP contribution in [0.2, 0.25) is 18.1 Å². The van der Waals surface area contributed by atoms with Crippen molar-refractivity contribution in [2.24, 2.45) is 11.8 Å². The van der Waals surface area contributed by atoms with Gasteiger partial charge in [0.1, 0.15) is 5.78 Å². The molecule has 0 amide bonds. The lowest BCUT2D eigenvalue weighted by atomic mass is 9.94. The van der Waals surface area contributed by atoms with Crippen LogP contribution in [0, 0.1) is 11.8 Å². The van der Waals surface area contributed by atoms with E-state index < -0.39 is 8.32 Å². The molecular weight excluding hydrogens is 504 g/mol. The molecule has 3 heteroatoms. The van der Waals surface area contributed by atoms with Crippen molar-refractivity contribution in [3.8, 4) is 0 Å². The van der Waals surface area contributed by atoms with Crippen molar-refractivity contribution in [3.05, 3.63) is 0 Å². The zero-order valence-electron chi connectivity index (χ0n) is 29.3. The van der Waals surface area contributed by atoms with Crippen LogP contribution >= 0.6 is 0 Å². The number of Topliss-reactive ketones (excluding diaryl/α,β-unsaturated/α-hetero) is 1. The van der Waals surface area contributed by atoms with Gasteiger partial charge in [-0.05, 0) is 37.4 Å². The molecule has 0 unspecified atom stereocenters. The summed E-state index contributed by atoms with van der Waals surface area (Å²) in [6, 6.07) is 0. The highest BCUT2D eigenvalue weighted by molar-refractivity contribution is 6.74. The molecule has 0 aromatic carbocycles. The largest absolute Gasteiger partial charge is 0.414 e. The Balaban J connectivity index is 3.56. The highest BCUT2D eigenvalue weighted by Crippen LogP contribution is 2.38. The van der Waals surface area contributed by atoms with Crippen LogP contribution in [0.3, 0.4) is 0 Å². The molecular formula is C37H76O2Si. The molecule has 0 spiro atoms. The third kappa shape index (κ3) is 21.5. The molecule has 240 valence electrons. The lowest BCUT2D eigenvalue weighted by Crippen LogP contribution is -2.45. The molecule has 40 heavy (non-hydrogen) atoms. The maximum atomic E-state index is 12.7. The van der Waals surface area contributed by atoms with E-state index in [9.17, 15) is 4.79 Å². The Kier molecular flexibility index (Phi) is 24.2. The van der Waals surface area contributed by atoms with Crippen LogP contribution < -0.4 is 0 Å². The Morgan fingerprint density at radius 2 is 0.950 bits per heavy atom. The first-order valence-corrected chi connectivity index (χ1v) is 21.0.